The Morgan fingerprint density at radius 3 is 2.53 bits per heavy atom. The van der Waals surface area contributed by atoms with Crippen molar-refractivity contribution in [2.24, 2.45) is 0 Å². The zero-order valence-corrected chi connectivity index (χ0v) is 16.9. The van der Waals surface area contributed by atoms with Crippen molar-refractivity contribution in [1.29, 1.82) is 0 Å². The maximum atomic E-state index is 14.6. The average molecular weight is 410 g/mol. The zero-order valence-electron chi connectivity index (χ0n) is 16.9. The van der Waals surface area contributed by atoms with E-state index >= 15 is 0 Å². The lowest BCUT2D eigenvalue weighted by molar-refractivity contribution is 0.0665. The molecular formula is C21H20F2N6O. The number of aliphatic hydroxyl groups is 1. The molecule has 0 saturated carbocycles. The summed E-state index contributed by atoms with van der Waals surface area (Å²) in [6.07, 6.45) is 3.61. The van der Waals surface area contributed by atoms with Crippen molar-refractivity contribution in [3.05, 3.63) is 59.7 Å². The van der Waals surface area contributed by atoms with Crippen molar-refractivity contribution >= 4 is 11.8 Å². The van der Waals surface area contributed by atoms with Crippen molar-refractivity contribution in [3.8, 4) is 22.6 Å². The van der Waals surface area contributed by atoms with Gasteiger partial charge < -0.3 is 9.67 Å². The molecule has 1 aromatic carbocycles. The number of fused-ring (bicyclic) bond motifs is 1. The predicted octanol–water partition coefficient (Wildman–Crippen LogP) is 3.96. The van der Waals surface area contributed by atoms with Crippen molar-refractivity contribution in [2.75, 3.05) is 0 Å². The maximum absolute atomic E-state index is 14.6. The summed E-state index contributed by atoms with van der Waals surface area (Å²) in [5, 5.41) is 23.1. The minimum Gasteiger partial charge on any atom is -0.382 e. The SMILES string of the molecule is C/C=C\n1c(C)nc(-c2ccc(F)cc2F)c1-c1ccc2nnc(C(C)(C)O)n2n1. The number of allylic oxidation sites excluding steroid dienone is 1. The van der Waals surface area contributed by atoms with Crippen molar-refractivity contribution in [3.63, 3.8) is 0 Å². The van der Waals surface area contributed by atoms with Crippen molar-refractivity contribution < 1.29 is 13.9 Å². The van der Waals surface area contributed by atoms with E-state index in [0.717, 1.165) is 6.07 Å². The van der Waals surface area contributed by atoms with Gasteiger partial charge in [0.15, 0.2) is 11.5 Å². The second-order valence-corrected chi connectivity index (χ2v) is 7.40. The van der Waals surface area contributed by atoms with E-state index < -0.39 is 17.2 Å². The van der Waals surface area contributed by atoms with E-state index in [9.17, 15) is 13.9 Å². The molecule has 3 heterocycles. The third kappa shape index (κ3) is 3.26. The summed E-state index contributed by atoms with van der Waals surface area (Å²) in [6, 6.07) is 6.80. The second-order valence-electron chi connectivity index (χ2n) is 7.40. The Kier molecular flexibility index (Phi) is 4.70. The molecule has 0 fully saturated rings. The first-order chi connectivity index (χ1) is 14.2. The summed E-state index contributed by atoms with van der Waals surface area (Å²) in [6.45, 7) is 6.81. The molecule has 154 valence electrons. The van der Waals surface area contributed by atoms with Crippen LogP contribution >= 0.6 is 0 Å². The minimum absolute atomic E-state index is 0.158. The van der Waals surface area contributed by atoms with E-state index in [1.54, 1.807) is 43.7 Å². The van der Waals surface area contributed by atoms with Crippen molar-refractivity contribution in [1.82, 2.24) is 29.4 Å². The van der Waals surface area contributed by atoms with Gasteiger partial charge in [-0.15, -0.1) is 10.2 Å². The van der Waals surface area contributed by atoms with Crippen molar-refractivity contribution in [2.45, 2.75) is 33.3 Å². The summed E-state index contributed by atoms with van der Waals surface area (Å²) in [4.78, 5) is 4.52. The lowest BCUT2D eigenvalue weighted by atomic mass is 10.1. The third-order valence-electron chi connectivity index (χ3n) is 4.62. The summed E-state index contributed by atoms with van der Waals surface area (Å²) in [5.74, 6) is -0.511. The molecule has 4 aromatic rings. The molecule has 0 spiro atoms. The number of aryl methyl sites for hydroxylation is 1. The molecule has 0 saturated heterocycles. The van der Waals surface area contributed by atoms with Gasteiger partial charge >= 0.3 is 0 Å². The number of hydrogen-bond acceptors (Lipinski definition) is 5. The molecule has 30 heavy (non-hydrogen) atoms. The molecule has 7 nitrogen and oxygen atoms in total. The summed E-state index contributed by atoms with van der Waals surface area (Å²) in [7, 11) is 0. The first kappa shape index (κ1) is 19.8. The first-order valence-corrected chi connectivity index (χ1v) is 9.33. The Hall–Kier alpha value is -3.46. The minimum atomic E-state index is -1.27. The highest BCUT2D eigenvalue weighted by Crippen LogP contribution is 2.34. The van der Waals surface area contributed by atoms with Gasteiger partial charge in [0.1, 0.15) is 40.1 Å². The van der Waals surface area contributed by atoms with Gasteiger partial charge in [0.05, 0.1) is 0 Å². The van der Waals surface area contributed by atoms with Crippen LogP contribution in [0.5, 0.6) is 0 Å². The van der Waals surface area contributed by atoms with Crippen LogP contribution in [0, 0.1) is 18.6 Å². The van der Waals surface area contributed by atoms with Gasteiger partial charge in [-0.2, -0.15) is 9.61 Å². The number of nitrogens with zero attached hydrogens (tertiary/aromatic N) is 6. The fourth-order valence-electron chi connectivity index (χ4n) is 3.29. The monoisotopic (exact) mass is 410 g/mol. The molecule has 0 bridgehead atoms. The largest absolute Gasteiger partial charge is 0.382 e. The fourth-order valence-corrected chi connectivity index (χ4v) is 3.29. The van der Waals surface area contributed by atoms with E-state index in [0.29, 0.717) is 28.6 Å². The molecule has 4 rings (SSSR count). The molecule has 0 amide bonds. The van der Waals surface area contributed by atoms with Gasteiger partial charge in [-0.1, -0.05) is 6.08 Å². The van der Waals surface area contributed by atoms with E-state index in [-0.39, 0.29) is 11.4 Å². The van der Waals surface area contributed by atoms with E-state index in [2.05, 4.69) is 20.3 Å². The summed E-state index contributed by atoms with van der Waals surface area (Å²) >= 11 is 0. The van der Waals surface area contributed by atoms with E-state index in [1.165, 1.54) is 16.6 Å². The normalized spacial score (nSPS) is 12.4. The summed E-state index contributed by atoms with van der Waals surface area (Å²) < 4.78 is 31.3. The maximum Gasteiger partial charge on any atom is 0.185 e. The molecule has 3 aromatic heterocycles. The van der Waals surface area contributed by atoms with Crippen LogP contribution in [-0.4, -0.2) is 34.5 Å². The van der Waals surface area contributed by atoms with Gasteiger partial charge in [0, 0.05) is 17.8 Å². The highest BCUT2D eigenvalue weighted by molar-refractivity contribution is 5.79. The van der Waals surface area contributed by atoms with Crippen LogP contribution in [-0.2, 0) is 5.60 Å². The number of benzene rings is 1. The molecule has 0 aliphatic carbocycles. The second kappa shape index (κ2) is 7.10. The van der Waals surface area contributed by atoms with E-state index in [4.69, 9.17) is 0 Å². The number of rotatable bonds is 4. The molecule has 0 radical (unpaired) electrons. The Morgan fingerprint density at radius 1 is 1.10 bits per heavy atom. The lowest BCUT2D eigenvalue weighted by Crippen LogP contribution is -2.20. The molecule has 0 aliphatic heterocycles. The number of imidazole rings is 1. The topological polar surface area (TPSA) is 81.1 Å². The Morgan fingerprint density at radius 2 is 1.87 bits per heavy atom. The molecule has 0 aliphatic rings. The molecule has 1 N–H and O–H groups in total. The van der Waals surface area contributed by atoms with Crippen LogP contribution in [0.25, 0.3) is 34.5 Å². The number of hydrogen-bond donors (Lipinski definition) is 1. The Labute approximate surface area is 171 Å². The predicted molar refractivity (Wildman–Crippen MR) is 108 cm³/mol. The molecule has 0 atom stereocenters. The van der Waals surface area contributed by atoms with Gasteiger partial charge in [-0.25, -0.2) is 13.8 Å². The smallest absolute Gasteiger partial charge is 0.185 e. The molecular weight excluding hydrogens is 390 g/mol. The summed E-state index contributed by atoms with van der Waals surface area (Å²) in [5.41, 5.74) is 0.660. The number of halogens is 2. The number of aromatic nitrogens is 6. The highest BCUT2D eigenvalue weighted by Gasteiger charge is 2.26. The van der Waals surface area contributed by atoms with E-state index in [1.807, 2.05) is 13.0 Å². The van der Waals surface area contributed by atoms with Crippen LogP contribution in [0.1, 0.15) is 32.4 Å². The molecule has 9 heteroatoms. The van der Waals surface area contributed by atoms with Crippen LogP contribution in [0.2, 0.25) is 0 Å². The standard InChI is InChI=1S/C21H20F2N6O/c1-5-10-28-12(2)24-18(14-7-6-13(22)11-15(14)23)19(28)16-8-9-17-25-26-20(21(3,4)30)29(17)27-16/h5-11,30H,1-4H3/b10-5-. The quantitative estimate of drug-likeness (QED) is 0.551. The van der Waals surface area contributed by atoms with Gasteiger partial charge in [-0.05, 0) is 52.0 Å². The first-order valence-electron chi connectivity index (χ1n) is 9.33. The third-order valence-corrected chi connectivity index (χ3v) is 4.62. The highest BCUT2D eigenvalue weighted by atomic mass is 19.1. The van der Waals surface area contributed by atoms with Crippen LogP contribution in [0.3, 0.4) is 0 Å². The van der Waals surface area contributed by atoms with Crippen LogP contribution < -0.4 is 0 Å². The van der Waals surface area contributed by atoms with Crippen LogP contribution in [0.4, 0.5) is 8.78 Å². The Balaban J connectivity index is 2.02. The zero-order chi connectivity index (χ0) is 21.6. The lowest BCUT2D eigenvalue weighted by Gasteiger charge is -2.14. The molecule has 0 unspecified atom stereocenters. The van der Waals surface area contributed by atoms with Crippen LogP contribution in [0.15, 0.2) is 36.4 Å². The average Bonchev–Trinajstić information content (AvgIpc) is 3.23. The van der Waals surface area contributed by atoms with Gasteiger partial charge in [0.25, 0.3) is 0 Å². The van der Waals surface area contributed by atoms with Gasteiger partial charge in [0.2, 0.25) is 0 Å². The fraction of sp³-hybridized carbons (Fsp3) is 0.238. The Bertz CT molecular complexity index is 1280. The van der Waals surface area contributed by atoms with Gasteiger partial charge in [-0.3, -0.25) is 0 Å².